The second kappa shape index (κ2) is 8.93. The molecule has 1 amide bonds. The molecule has 1 N–H and O–H groups in total. The maximum absolute atomic E-state index is 13.4. The number of ether oxygens (including phenoxy) is 1. The molecule has 3 aromatic rings. The fourth-order valence-corrected chi connectivity index (χ4v) is 3.29. The van der Waals surface area contributed by atoms with Crippen molar-refractivity contribution in [2.75, 3.05) is 11.6 Å². The van der Waals surface area contributed by atoms with Crippen LogP contribution in [-0.4, -0.2) is 22.4 Å². The summed E-state index contributed by atoms with van der Waals surface area (Å²) >= 11 is 1.44. The average Bonchev–Trinajstić information content (AvgIpc) is 2.69. The first-order valence-corrected chi connectivity index (χ1v) is 10.2. The molecule has 5 nitrogen and oxygen atoms in total. The molecule has 1 aromatic heterocycles. The van der Waals surface area contributed by atoms with Crippen LogP contribution in [0.15, 0.2) is 47.4 Å². The summed E-state index contributed by atoms with van der Waals surface area (Å²) in [6, 6.07) is 10.4. The Morgan fingerprint density at radius 2 is 1.84 bits per heavy atom. The molecule has 3 rings (SSSR count). The van der Waals surface area contributed by atoms with Crippen LogP contribution in [0.25, 0.3) is 0 Å². The van der Waals surface area contributed by atoms with Crippen molar-refractivity contribution in [1.82, 2.24) is 10.2 Å². The minimum absolute atomic E-state index is 0.133. The van der Waals surface area contributed by atoms with Gasteiger partial charge in [-0.25, -0.2) is 4.39 Å². The number of anilines is 1. The molecular formula is C21H17F4N3O2S. The van der Waals surface area contributed by atoms with E-state index in [-0.39, 0.29) is 5.75 Å². The Bertz CT molecular complexity index is 1140. The van der Waals surface area contributed by atoms with E-state index < -0.39 is 40.6 Å². The van der Waals surface area contributed by atoms with Gasteiger partial charge in [-0.1, -0.05) is 6.07 Å². The number of aromatic nitrogens is 2. The van der Waals surface area contributed by atoms with E-state index in [0.717, 1.165) is 17.9 Å². The number of benzene rings is 2. The van der Waals surface area contributed by atoms with E-state index in [1.807, 2.05) is 12.3 Å². The molecule has 31 heavy (non-hydrogen) atoms. The molecule has 0 saturated carbocycles. The van der Waals surface area contributed by atoms with Crippen LogP contribution in [0.2, 0.25) is 0 Å². The molecule has 2 aromatic carbocycles. The average molecular weight is 451 g/mol. The van der Waals surface area contributed by atoms with Gasteiger partial charge in [-0.2, -0.15) is 13.2 Å². The minimum Gasteiger partial charge on any atom is -0.437 e. The summed E-state index contributed by atoms with van der Waals surface area (Å²) in [6.07, 6.45) is -2.96. The number of aryl methyl sites for hydroxylation is 1. The summed E-state index contributed by atoms with van der Waals surface area (Å²) in [6.45, 7) is 2.67. The van der Waals surface area contributed by atoms with Gasteiger partial charge in [-0.05, 0) is 67.6 Å². The van der Waals surface area contributed by atoms with Gasteiger partial charge in [0.25, 0.3) is 11.8 Å². The standard InChI is InChI=1S/C21H17F4N3O2S/c1-11-9-13(22)7-8-16(11)30-20-17(12(2)18(27-28-20)21(23,24)25)19(29)26-14-5-4-6-15(10-14)31-3/h4-10H,1-3H3,(H,26,29). The lowest BCUT2D eigenvalue weighted by Crippen LogP contribution is -2.21. The number of nitrogens with zero attached hydrogens (tertiary/aromatic N) is 2. The third-order valence-electron chi connectivity index (χ3n) is 4.35. The lowest BCUT2D eigenvalue weighted by Gasteiger charge is -2.16. The molecule has 0 spiro atoms. The molecule has 0 aliphatic carbocycles. The smallest absolute Gasteiger partial charge is 0.435 e. The highest BCUT2D eigenvalue weighted by atomic mass is 32.2. The number of nitrogens with one attached hydrogen (secondary N) is 1. The van der Waals surface area contributed by atoms with Crippen molar-refractivity contribution in [3.05, 3.63) is 70.7 Å². The summed E-state index contributed by atoms with van der Waals surface area (Å²) in [7, 11) is 0. The van der Waals surface area contributed by atoms with Crippen molar-refractivity contribution in [2.24, 2.45) is 0 Å². The molecule has 162 valence electrons. The molecule has 0 radical (unpaired) electrons. The summed E-state index contributed by atoms with van der Waals surface area (Å²) in [5.41, 5.74) is -1.38. The zero-order chi connectivity index (χ0) is 22.8. The SMILES string of the molecule is CSc1cccc(NC(=O)c2c(Oc3ccc(F)cc3C)nnc(C(F)(F)F)c2C)c1. The van der Waals surface area contributed by atoms with Gasteiger partial charge in [0.15, 0.2) is 5.69 Å². The van der Waals surface area contributed by atoms with E-state index in [1.54, 1.807) is 25.1 Å². The van der Waals surface area contributed by atoms with Gasteiger partial charge in [-0.15, -0.1) is 22.0 Å². The van der Waals surface area contributed by atoms with Gasteiger partial charge in [0, 0.05) is 10.6 Å². The fourth-order valence-electron chi connectivity index (χ4n) is 2.83. The minimum atomic E-state index is -4.81. The maximum Gasteiger partial charge on any atom is 0.435 e. The summed E-state index contributed by atoms with van der Waals surface area (Å²) < 4.78 is 59.0. The first-order chi connectivity index (χ1) is 14.6. The van der Waals surface area contributed by atoms with Crippen LogP contribution in [0.3, 0.4) is 0 Å². The molecule has 0 bridgehead atoms. The lowest BCUT2D eigenvalue weighted by molar-refractivity contribution is -0.142. The number of carbonyl (C=O) groups is 1. The first kappa shape index (κ1) is 22.5. The Kier molecular flexibility index (Phi) is 6.49. The van der Waals surface area contributed by atoms with Gasteiger partial charge in [0.2, 0.25) is 0 Å². The highest BCUT2D eigenvalue weighted by Gasteiger charge is 2.38. The van der Waals surface area contributed by atoms with Gasteiger partial charge < -0.3 is 10.1 Å². The molecule has 1 heterocycles. The van der Waals surface area contributed by atoms with Crippen LogP contribution in [0.1, 0.15) is 27.2 Å². The van der Waals surface area contributed by atoms with Crippen LogP contribution in [0.4, 0.5) is 23.2 Å². The summed E-state index contributed by atoms with van der Waals surface area (Å²) in [5.74, 6) is -1.64. The molecule has 0 aliphatic rings. The molecule has 0 unspecified atom stereocenters. The Morgan fingerprint density at radius 3 is 2.48 bits per heavy atom. The van der Waals surface area contributed by atoms with Gasteiger partial charge in [0.1, 0.15) is 17.1 Å². The van der Waals surface area contributed by atoms with Crippen molar-refractivity contribution in [3.63, 3.8) is 0 Å². The third kappa shape index (κ3) is 5.13. The van der Waals surface area contributed by atoms with E-state index in [9.17, 15) is 22.4 Å². The van der Waals surface area contributed by atoms with Crippen molar-refractivity contribution < 1.29 is 27.1 Å². The zero-order valence-electron chi connectivity index (χ0n) is 16.7. The number of rotatable bonds is 5. The number of alkyl halides is 3. The molecule has 0 fully saturated rings. The second-order valence-corrected chi connectivity index (χ2v) is 7.43. The lowest BCUT2D eigenvalue weighted by atomic mass is 10.1. The number of amides is 1. The molecule has 10 heteroatoms. The van der Waals surface area contributed by atoms with Crippen LogP contribution in [0.5, 0.6) is 11.6 Å². The zero-order valence-corrected chi connectivity index (χ0v) is 17.5. The molecule has 0 aliphatic heterocycles. The van der Waals surface area contributed by atoms with Crippen LogP contribution >= 0.6 is 11.8 Å². The van der Waals surface area contributed by atoms with Crippen molar-refractivity contribution in [1.29, 1.82) is 0 Å². The number of carbonyl (C=O) groups excluding carboxylic acids is 1. The topological polar surface area (TPSA) is 64.1 Å². The Morgan fingerprint density at radius 1 is 1.10 bits per heavy atom. The summed E-state index contributed by atoms with van der Waals surface area (Å²) in [5, 5.41) is 9.30. The monoisotopic (exact) mass is 451 g/mol. The Labute approximate surface area is 179 Å². The van der Waals surface area contributed by atoms with E-state index in [2.05, 4.69) is 15.5 Å². The number of hydrogen-bond donors (Lipinski definition) is 1. The largest absolute Gasteiger partial charge is 0.437 e. The Balaban J connectivity index is 2.06. The Hall–Kier alpha value is -3.14. The number of thioether (sulfide) groups is 1. The summed E-state index contributed by atoms with van der Waals surface area (Å²) in [4.78, 5) is 13.8. The molecule has 0 atom stereocenters. The predicted octanol–water partition coefficient (Wildman–Crippen LogP) is 6.02. The van der Waals surface area contributed by atoms with Gasteiger partial charge in [-0.3, -0.25) is 4.79 Å². The quantitative estimate of drug-likeness (QED) is 0.380. The fraction of sp³-hybridized carbons (Fsp3) is 0.190. The van der Waals surface area contributed by atoms with Crippen LogP contribution in [-0.2, 0) is 6.18 Å². The maximum atomic E-state index is 13.4. The highest BCUT2D eigenvalue weighted by Crippen LogP contribution is 2.35. The van der Waals surface area contributed by atoms with E-state index in [4.69, 9.17) is 4.74 Å². The molecular weight excluding hydrogens is 434 g/mol. The molecule has 0 saturated heterocycles. The third-order valence-corrected chi connectivity index (χ3v) is 5.08. The van der Waals surface area contributed by atoms with E-state index >= 15 is 0 Å². The van der Waals surface area contributed by atoms with Crippen molar-refractivity contribution >= 4 is 23.4 Å². The van der Waals surface area contributed by atoms with Crippen molar-refractivity contribution in [3.8, 4) is 11.6 Å². The van der Waals surface area contributed by atoms with Gasteiger partial charge in [0.05, 0.1) is 0 Å². The number of halogens is 4. The normalized spacial score (nSPS) is 11.3. The first-order valence-electron chi connectivity index (χ1n) is 8.94. The predicted molar refractivity (Wildman–Crippen MR) is 109 cm³/mol. The van der Waals surface area contributed by atoms with E-state index in [0.29, 0.717) is 11.3 Å². The number of hydrogen-bond acceptors (Lipinski definition) is 5. The van der Waals surface area contributed by atoms with E-state index in [1.165, 1.54) is 23.9 Å². The second-order valence-electron chi connectivity index (χ2n) is 6.55. The van der Waals surface area contributed by atoms with Crippen molar-refractivity contribution in [2.45, 2.75) is 24.9 Å². The highest BCUT2D eigenvalue weighted by molar-refractivity contribution is 7.98. The van der Waals surface area contributed by atoms with Crippen LogP contribution in [0, 0.1) is 19.7 Å². The van der Waals surface area contributed by atoms with Crippen LogP contribution < -0.4 is 10.1 Å². The van der Waals surface area contributed by atoms with Gasteiger partial charge >= 0.3 is 6.18 Å².